The van der Waals surface area contributed by atoms with Crippen LogP contribution in [0, 0.1) is 0 Å². The molecule has 0 fully saturated rings. The summed E-state index contributed by atoms with van der Waals surface area (Å²) in [6.07, 6.45) is 0.0173. The van der Waals surface area contributed by atoms with E-state index in [0.717, 1.165) is 12.0 Å². The lowest BCUT2D eigenvalue weighted by Crippen LogP contribution is -2.24. The fourth-order valence-electron chi connectivity index (χ4n) is 2.09. The lowest BCUT2D eigenvalue weighted by Gasteiger charge is -2.13. The highest BCUT2D eigenvalue weighted by atomic mass is 35.5. The molecule has 0 aromatic heterocycles. The van der Waals surface area contributed by atoms with Crippen LogP contribution in [0.4, 0.5) is 5.69 Å². The Hall–Kier alpha value is -2.33. The smallest absolute Gasteiger partial charge is 0.338 e. The van der Waals surface area contributed by atoms with Crippen LogP contribution in [0.25, 0.3) is 0 Å². The SMILES string of the molecule is CCc1ccc(C(=O)C(C)OC(=O)c2ccc(Cl)c(N)c2)cc1. The topological polar surface area (TPSA) is 69.4 Å². The Kier molecular flexibility index (Phi) is 5.40. The standard InChI is InChI=1S/C18H18ClNO3/c1-3-12-4-6-13(7-5-12)17(21)11(2)23-18(22)14-8-9-15(19)16(20)10-14/h4-11H,3,20H2,1-2H3. The lowest BCUT2D eigenvalue weighted by atomic mass is 10.0. The summed E-state index contributed by atoms with van der Waals surface area (Å²) in [5.41, 5.74) is 7.86. The molecule has 1 atom stereocenters. The summed E-state index contributed by atoms with van der Waals surface area (Å²) in [5.74, 6) is -0.859. The van der Waals surface area contributed by atoms with E-state index in [2.05, 4.69) is 0 Å². The van der Waals surface area contributed by atoms with Gasteiger partial charge in [-0.1, -0.05) is 42.8 Å². The molecule has 23 heavy (non-hydrogen) atoms. The zero-order valence-corrected chi connectivity index (χ0v) is 13.8. The van der Waals surface area contributed by atoms with Crippen LogP contribution in [0.3, 0.4) is 0 Å². The van der Waals surface area contributed by atoms with Gasteiger partial charge in [0.05, 0.1) is 16.3 Å². The van der Waals surface area contributed by atoms with Crippen molar-refractivity contribution in [2.24, 2.45) is 0 Å². The van der Waals surface area contributed by atoms with Crippen LogP contribution >= 0.6 is 11.6 Å². The molecule has 0 bridgehead atoms. The van der Waals surface area contributed by atoms with Crippen molar-refractivity contribution >= 4 is 29.0 Å². The van der Waals surface area contributed by atoms with E-state index in [1.807, 2.05) is 19.1 Å². The van der Waals surface area contributed by atoms with E-state index in [9.17, 15) is 9.59 Å². The monoisotopic (exact) mass is 331 g/mol. The number of esters is 1. The van der Waals surface area contributed by atoms with Gasteiger partial charge < -0.3 is 10.5 Å². The molecule has 0 amide bonds. The lowest BCUT2D eigenvalue weighted by molar-refractivity contribution is 0.0319. The van der Waals surface area contributed by atoms with Gasteiger partial charge in [0.2, 0.25) is 5.78 Å². The molecular formula is C18H18ClNO3. The Morgan fingerprint density at radius 2 is 1.74 bits per heavy atom. The normalized spacial score (nSPS) is 11.8. The third-order valence-corrected chi connectivity index (χ3v) is 3.88. The van der Waals surface area contributed by atoms with Gasteiger partial charge in [-0.05, 0) is 37.1 Å². The minimum atomic E-state index is -0.883. The maximum Gasteiger partial charge on any atom is 0.338 e. The van der Waals surface area contributed by atoms with E-state index >= 15 is 0 Å². The minimum absolute atomic E-state index is 0.247. The summed E-state index contributed by atoms with van der Waals surface area (Å²) < 4.78 is 5.22. The van der Waals surface area contributed by atoms with E-state index in [1.54, 1.807) is 19.1 Å². The Balaban J connectivity index is 2.07. The highest BCUT2D eigenvalue weighted by molar-refractivity contribution is 6.33. The Labute approximate surface area is 140 Å². The van der Waals surface area contributed by atoms with Gasteiger partial charge in [0.25, 0.3) is 0 Å². The number of ketones is 1. The maximum atomic E-state index is 12.3. The molecule has 2 aromatic carbocycles. The molecule has 2 N–H and O–H groups in total. The van der Waals surface area contributed by atoms with Crippen LogP contribution in [0.1, 0.15) is 40.1 Å². The van der Waals surface area contributed by atoms with Crippen LogP contribution in [-0.4, -0.2) is 17.9 Å². The molecule has 2 aromatic rings. The van der Waals surface area contributed by atoms with Crippen LogP contribution in [0.5, 0.6) is 0 Å². The van der Waals surface area contributed by atoms with E-state index in [0.29, 0.717) is 10.6 Å². The number of ether oxygens (including phenoxy) is 1. The average Bonchev–Trinajstić information content (AvgIpc) is 2.56. The van der Waals surface area contributed by atoms with Crippen molar-refractivity contribution in [2.75, 3.05) is 5.73 Å². The zero-order chi connectivity index (χ0) is 17.0. The summed E-state index contributed by atoms with van der Waals surface area (Å²) in [4.78, 5) is 24.4. The summed E-state index contributed by atoms with van der Waals surface area (Å²) in [6.45, 7) is 3.59. The van der Waals surface area contributed by atoms with Gasteiger partial charge in [-0.15, -0.1) is 0 Å². The molecule has 0 aliphatic rings. The molecular weight excluding hydrogens is 314 g/mol. The fraction of sp³-hybridized carbons (Fsp3) is 0.222. The van der Waals surface area contributed by atoms with Crippen LogP contribution in [0.15, 0.2) is 42.5 Å². The van der Waals surface area contributed by atoms with Gasteiger partial charge in [0.1, 0.15) is 0 Å². The number of hydrogen-bond acceptors (Lipinski definition) is 4. The summed E-state index contributed by atoms with van der Waals surface area (Å²) >= 11 is 5.82. The zero-order valence-electron chi connectivity index (χ0n) is 13.0. The molecule has 0 aliphatic heterocycles. The molecule has 0 saturated carbocycles. The van der Waals surface area contributed by atoms with Crippen LogP contribution in [0.2, 0.25) is 5.02 Å². The van der Waals surface area contributed by atoms with Crippen molar-refractivity contribution in [3.05, 3.63) is 64.2 Å². The number of carbonyl (C=O) groups is 2. The molecule has 2 rings (SSSR count). The molecule has 0 aliphatic carbocycles. The fourth-order valence-corrected chi connectivity index (χ4v) is 2.21. The first-order chi connectivity index (χ1) is 10.9. The van der Waals surface area contributed by atoms with Crippen molar-refractivity contribution in [1.29, 1.82) is 0 Å². The first-order valence-corrected chi connectivity index (χ1v) is 7.69. The summed E-state index contributed by atoms with van der Waals surface area (Å²) in [7, 11) is 0. The van der Waals surface area contributed by atoms with E-state index in [4.69, 9.17) is 22.1 Å². The molecule has 0 spiro atoms. The van der Waals surface area contributed by atoms with Crippen molar-refractivity contribution < 1.29 is 14.3 Å². The third kappa shape index (κ3) is 4.11. The Morgan fingerprint density at radius 1 is 1.13 bits per heavy atom. The second-order valence-corrected chi connectivity index (χ2v) is 5.61. The van der Waals surface area contributed by atoms with Gasteiger partial charge in [0.15, 0.2) is 6.10 Å². The highest BCUT2D eigenvalue weighted by Gasteiger charge is 2.20. The summed E-state index contributed by atoms with van der Waals surface area (Å²) in [5, 5.41) is 0.363. The van der Waals surface area contributed by atoms with Crippen molar-refractivity contribution in [3.8, 4) is 0 Å². The average molecular weight is 332 g/mol. The van der Waals surface area contributed by atoms with Gasteiger partial charge in [-0.3, -0.25) is 4.79 Å². The van der Waals surface area contributed by atoms with Crippen molar-refractivity contribution in [2.45, 2.75) is 26.4 Å². The Bertz CT molecular complexity index is 726. The van der Waals surface area contributed by atoms with E-state index in [-0.39, 0.29) is 17.0 Å². The predicted octanol–water partition coefficient (Wildman–Crippen LogP) is 3.91. The van der Waals surface area contributed by atoms with Crippen LogP contribution in [-0.2, 0) is 11.2 Å². The number of halogens is 1. The quantitative estimate of drug-likeness (QED) is 0.512. The first kappa shape index (κ1) is 17.0. The number of nitrogens with two attached hydrogens (primary N) is 1. The number of nitrogen functional groups attached to an aromatic ring is 1. The maximum absolute atomic E-state index is 12.3. The van der Waals surface area contributed by atoms with E-state index < -0.39 is 12.1 Å². The molecule has 0 radical (unpaired) electrons. The first-order valence-electron chi connectivity index (χ1n) is 7.31. The number of rotatable bonds is 5. The number of carbonyl (C=O) groups excluding carboxylic acids is 2. The molecule has 5 heteroatoms. The number of hydrogen-bond donors (Lipinski definition) is 1. The molecule has 120 valence electrons. The van der Waals surface area contributed by atoms with Gasteiger partial charge >= 0.3 is 5.97 Å². The molecule has 4 nitrogen and oxygen atoms in total. The Morgan fingerprint density at radius 3 is 2.30 bits per heavy atom. The van der Waals surface area contributed by atoms with Gasteiger partial charge in [-0.2, -0.15) is 0 Å². The van der Waals surface area contributed by atoms with Crippen molar-refractivity contribution in [1.82, 2.24) is 0 Å². The summed E-state index contributed by atoms with van der Waals surface area (Å²) in [6, 6.07) is 11.7. The largest absolute Gasteiger partial charge is 0.451 e. The van der Waals surface area contributed by atoms with Gasteiger partial charge in [-0.25, -0.2) is 4.79 Å². The number of anilines is 1. The molecule has 0 heterocycles. The minimum Gasteiger partial charge on any atom is -0.451 e. The van der Waals surface area contributed by atoms with Crippen molar-refractivity contribution in [3.63, 3.8) is 0 Å². The predicted molar refractivity (Wildman–Crippen MR) is 90.9 cm³/mol. The van der Waals surface area contributed by atoms with E-state index in [1.165, 1.54) is 18.2 Å². The third-order valence-electron chi connectivity index (χ3n) is 3.53. The number of Topliss-reactive ketones (excluding diaryl/α,β-unsaturated/α-hetero) is 1. The number of benzene rings is 2. The van der Waals surface area contributed by atoms with Crippen LogP contribution < -0.4 is 5.73 Å². The molecule has 1 unspecified atom stereocenters. The molecule has 0 saturated heterocycles. The highest BCUT2D eigenvalue weighted by Crippen LogP contribution is 2.20. The van der Waals surface area contributed by atoms with Gasteiger partial charge in [0, 0.05) is 5.56 Å². The second kappa shape index (κ2) is 7.29. The number of aryl methyl sites for hydroxylation is 1. The second-order valence-electron chi connectivity index (χ2n) is 5.20.